The lowest BCUT2D eigenvalue weighted by Crippen LogP contribution is -2.41. The van der Waals surface area contributed by atoms with Gasteiger partial charge in [0.2, 0.25) is 0 Å². The van der Waals surface area contributed by atoms with Gasteiger partial charge in [-0.2, -0.15) is 0 Å². The molecule has 1 atom stereocenters. The Kier molecular flexibility index (Phi) is 5.48. The molecule has 0 aromatic heterocycles. The normalized spacial score (nSPS) is 24.1. The van der Waals surface area contributed by atoms with Gasteiger partial charge in [-0.05, 0) is 76.3 Å². The Bertz CT molecular complexity index is 641. The van der Waals surface area contributed by atoms with E-state index < -0.39 is 8.32 Å². The van der Waals surface area contributed by atoms with Gasteiger partial charge in [0.1, 0.15) is 0 Å². The third kappa shape index (κ3) is 3.82. The van der Waals surface area contributed by atoms with Gasteiger partial charge in [-0.15, -0.1) is 0 Å². The standard InChI is InChI=1S/C21H35BO3Si/c1-8-9-15-26(6,7)23-19-14-13-16-17(19)11-10-12-18(16)22-24-20(2,3)21(4,5)25-22/h10-12,19H,8-9,13-15H2,1-7H3. The van der Waals surface area contributed by atoms with Crippen LogP contribution in [0.25, 0.3) is 0 Å². The van der Waals surface area contributed by atoms with Crippen LogP contribution < -0.4 is 5.46 Å². The second-order valence-corrected chi connectivity index (χ2v) is 13.8. The molecule has 0 saturated carbocycles. The monoisotopic (exact) mass is 374 g/mol. The van der Waals surface area contributed by atoms with Crippen LogP contribution in [0.1, 0.15) is 71.1 Å². The van der Waals surface area contributed by atoms with Gasteiger partial charge in [0.05, 0.1) is 17.3 Å². The van der Waals surface area contributed by atoms with Crippen molar-refractivity contribution in [3.63, 3.8) is 0 Å². The van der Waals surface area contributed by atoms with Crippen molar-refractivity contribution in [2.45, 2.75) is 96.7 Å². The fourth-order valence-electron chi connectivity index (χ4n) is 4.00. The Morgan fingerprint density at radius 3 is 2.42 bits per heavy atom. The maximum atomic E-state index is 6.68. The number of hydrogen-bond acceptors (Lipinski definition) is 3. The zero-order valence-electron chi connectivity index (χ0n) is 17.6. The summed E-state index contributed by atoms with van der Waals surface area (Å²) in [5, 5.41) is 0. The van der Waals surface area contributed by atoms with Crippen molar-refractivity contribution in [2.24, 2.45) is 0 Å². The van der Waals surface area contributed by atoms with E-state index in [1.54, 1.807) is 0 Å². The van der Waals surface area contributed by atoms with Crippen molar-refractivity contribution in [3.8, 4) is 0 Å². The van der Waals surface area contributed by atoms with E-state index in [2.05, 4.69) is 65.9 Å². The van der Waals surface area contributed by atoms with Crippen LogP contribution in [-0.4, -0.2) is 26.6 Å². The number of fused-ring (bicyclic) bond motifs is 1. The summed E-state index contributed by atoms with van der Waals surface area (Å²) in [5.41, 5.74) is 3.33. The Morgan fingerprint density at radius 2 is 1.81 bits per heavy atom. The molecule has 1 aromatic carbocycles. The van der Waals surface area contributed by atoms with Crippen LogP contribution >= 0.6 is 0 Å². The lowest BCUT2D eigenvalue weighted by Gasteiger charge is -2.32. The quantitative estimate of drug-likeness (QED) is 0.656. The highest BCUT2D eigenvalue weighted by Gasteiger charge is 2.52. The highest BCUT2D eigenvalue weighted by Crippen LogP contribution is 2.40. The first-order valence-corrected chi connectivity index (χ1v) is 13.3. The van der Waals surface area contributed by atoms with E-state index in [4.69, 9.17) is 13.7 Å². The average molecular weight is 374 g/mol. The largest absolute Gasteiger partial charge is 0.495 e. The molecular formula is C21H35BO3Si. The van der Waals surface area contributed by atoms with Crippen LogP contribution in [0.5, 0.6) is 0 Å². The smallest absolute Gasteiger partial charge is 0.410 e. The first-order valence-electron chi connectivity index (χ1n) is 10.2. The van der Waals surface area contributed by atoms with Crippen molar-refractivity contribution < 1.29 is 13.7 Å². The fourth-order valence-corrected chi connectivity index (χ4v) is 6.34. The van der Waals surface area contributed by atoms with Crippen molar-refractivity contribution in [1.29, 1.82) is 0 Å². The molecule has 26 heavy (non-hydrogen) atoms. The Labute approximate surface area is 161 Å². The van der Waals surface area contributed by atoms with Gasteiger partial charge >= 0.3 is 7.12 Å². The first-order chi connectivity index (χ1) is 12.1. The molecule has 3 nitrogen and oxygen atoms in total. The minimum absolute atomic E-state index is 0.242. The van der Waals surface area contributed by atoms with Crippen LogP contribution in [0.3, 0.4) is 0 Å². The molecule has 3 rings (SSSR count). The van der Waals surface area contributed by atoms with Gasteiger partial charge in [-0.25, -0.2) is 0 Å². The summed E-state index contributed by atoms with van der Waals surface area (Å²) < 4.78 is 19.3. The van der Waals surface area contributed by atoms with Crippen LogP contribution in [0.4, 0.5) is 0 Å². The molecule has 1 aromatic rings. The highest BCUT2D eigenvalue weighted by molar-refractivity contribution is 6.71. The predicted molar refractivity (Wildman–Crippen MR) is 112 cm³/mol. The summed E-state index contributed by atoms with van der Waals surface area (Å²) in [5.74, 6) is 0. The maximum Gasteiger partial charge on any atom is 0.495 e. The summed E-state index contributed by atoms with van der Waals surface area (Å²) in [6.45, 7) is 15.4. The number of benzene rings is 1. The van der Waals surface area contributed by atoms with Gasteiger partial charge in [0.15, 0.2) is 8.32 Å². The van der Waals surface area contributed by atoms with E-state index in [9.17, 15) is 0 Å². The second kappa shape index (κ2) is 7.08. The molecule has 5 heteroatoms. The van der Waals surface area contributed by atoms with Crippen LogP contribution in [0.2, 0.25) is 19.1 Å². The van der Waals surface area contributed by atoms with E-state index >= 15 is 0 Å². The third-order valence-electron chi connectivity index (χ3n) is 6.35. The van der Waals surface area contributed by atoms with E-state index in [-0.39, 0.29) is 24.4 Å². The van der Waals surface area contributed by atoms with E-state index in [1.807, 2.05) is 0 Å². The van der Waals surface area contributed by atoms with E-state index in [0.717, 1.165) is 12.8 Å². The maximum absolute atomic E-state index is 6.68. The average Bonchev–Trinajstić information content (AvgIpc) is 3.03. The van der Waals surface area contributed by atoms with Crippen molar-refractivity contribution in [3.05, 3.63) is 29.3 Å². The Morgan fingerprint density at radius 1 is 1.15 bits per heavy atom. The molecule has 1 fully saturated rings. The fraction of sp³-hybridized carbons (Fsp3) is 0.714. The van der Waals surface area contributed by atoms with Crippen molar-refractivity contribution >= 4 is 20.9 Å². The van der Waals surface area contributed by atoms with E-state index in [1.165, 1.54) is 35.5 Å². The summed E-state index contributed by atoms with van der Waals surface area (Å²) in [7, 11) is -1.89. The lowest BCUT2D eigenvalue weighted by molar-refractivity contribution is 0.00578. The molecule has 0 bridgehead atoms. The first kappa shape index (κ1) is 20.1. The summed E-state index contributed by atoms with van der Waals surface area (Å²) in [6, 6.07) is 7.79. The predicted octanol–water partition coefficient (Wildman–Crippen LogP) is 4.99. The zero-order chi connectivity index (χ0) is 19.2. The van der Waals surface area contributed by atoms with Gasteiger partial charge in [0, 0.05) is 0 Å². The molecule has 2 aliphatic rings. The minimum atomic E-state index is -1.62. The van der Waals surface area contributed by atoms with Gasteiger partial charge < -0.3 is 13.7 Å². The molecule has 1 heterocycles. The third-order valence-corrected chi connectivity index (χ3v) is 8.83. The van der Waals surface area contributed by atoms with Gasteiger partial charge in [-0.3, -0.25) is 0 Å². The molecule has 0 amide bonds. The molecule has 1 unspecified atom stereocenters. The summed E-state index contributed by atoms with van der Waals surface area (Å²) in [4.78, 5) is 0. The van der Waals surface area contributed by atoms with Gasteiger partial charge in [-0.1, -0.05) is 38.0 Å². The van der Waals surface area contributed by atoms with Crippen molar-refractivity contribution in [1.82, 2.24) is 0 Å². The lowest BCUT2D eigenvalue weighted by atomic mass is 9.75. The molecule has 0 radical (unpaired) electrons. The Balaban J connectivity index is 1.81. The SMILES string of the molecule is CCCC[Si](C)(C)OC1CCc2c(B3OC(C)(C)C(C)(C)O3)cccc21. The molecule has 0 spiro atoms. The van der Waals surface area contributed by atoms with Crippen LogP contribution in [0.15, 0.2) is 18.2 Å². The highest BCUT2D eigenvalue weighted by atomic mass is 28.4. The van der Waals surface area contributed by atoms with Crippen molar-refractivity contribution in [2.75, 3.05) is 0 Å². The van der Waals surface area contributed by atoms with Crippen LogP contribution in [-0.2, 0) is 20.2 Å². The molecular weight excluding hydrogens is 339 g/mol. The second-order valence-electron chi connectivity index (χ2n) is 9.51. The van der Waals surface area contributed by atoms with E-state index in [0.29, 0.717) is 0 Å². The molecule has 144 valence electrons. The Hall–Kier alpha value is -0.618. The molecule has 1 saturated heterocycles. The number of unbranched alkanes of at least 4 members (excludes halogenated alkanes) is 1. The molecule has 0 N–H and O–H groups in total. The topological polar surface area (TPSA) is 27.7 Å². The van der Waals surface area contributed by atoms with Crippen LogP contribution in [0, 0.1) is 0 Å². The zero-order valence-corrected chi connectivity index (χ0v) is 18.6. The number of rotatable bonds is 6. The number of hydrogen-bond donors (Lipinski definition) is 0. The van der Waals surface area contributed by atoms with Gasteiger partial charge in [0.25, 0.3) is 0 Å². The summed E-state index contributed by atoms with van der Waals surface area (Å²) >= 11 is 0. The molecule has 1 aliphatic heterocycles. The summed E-state index contributed by atoms with van der Waals surface area (Å²) in [6.07, 6.45) is 4.89. The minimum Gasteiger partial charge on any atom is -0.410 e. The molecule has 1 aliphatic carbocycles.